The standard InChI is InChI=1S/C19H18F4NO2S/c20-13-3-6-17(21)16(11-13)19(9-7-14(24)8-10-19)27(25,26)15-4-1-12(2-5-15)18(22)23/h1-6,11,14,18,24H,7-10H2/q-1. The van der Waals surface area contributed by atoms with Crippen LogP contribution in [-0.2, 0) is 14.6 Å². The molecule has 0 aliphatic heterocycles. The lowest BCUT2D eigenvalue weighted by Crippen LogP contribution is -2.41. The van der Waals surface area contributed by atoms with Crippen molar-refractivity contribution in [2.45, 2.75) is 47.8 Å². The van der Waals surface area contributed by atoms with Crippen molar-refractivity contribution in [3.05, 3.63) is 71.0 Å². The van der Waals surface area contributed by atoms with Crippen molar-refractivity contribution in [2.75, 3.05) is 0 Å². The van der Waals surface area contributed by atoms with Crippen molar-refractivity contribution < 1.29 is 26.0 Å². The van der Waals surface area contributed by atoms with E-state index in [0.717, 1.165) is 42.5 Å². The Balaban J connectivity index is 2.17. The molecule has 2 aromatic rings. The number of benzene rings is 2. The third-order valence-corrected chi connectivity index (χ3v) is 7.72. The molecule has 8 heteroatoms. The Morgan fingerprint density at radius 2 is 1.59 bits per heavy atom. The first-order valence-corrected chi connectivity index (χ1v) is 9.95. The van der Waals surface area contributed by atoms with Gasteiger partial charge in [-0.05, 0) is 43.2 Å². The molecule has 3 rings (SSSR count). The van der Waals surface area contributed by atoms with Crippen LogP contribution in [0.5, 0.6) is 0 Å². The van der Waals surface area contributed by atoms with Crippen molar-refractivity contribution in [1.29, 1.82) is 0 Å². The van der Waals surface area contributed by atoms with Gasteiger partial charge in [-0.25, -0.2) is 26.0 Å². The highest BCUT2D eigenvalue weighted by molar-refractivity contribution is 7.92. The van der Waals surface area contributed by atoms with Gasteiger partial charge in [0.15, 0.2) is 9.84 Å². The SMILES string of the molecule is [NH-]C1CCC(c2cc(F)ccc2F)(S(=O)(=O)c2ccc(C(F)F)cc2)CC1. The number of alkyl halides is 2. The molecule has 1 aliphatic rings. The molecule has 1 saturated carbocycles. The average Bonchev–Trinajstić information content (AvgIpc) is 2.64. The molecule has 3 nitrogen and oxygen atoms in total. The zero-order chi connectivity index (χ0) is 19.8. The summed E-state index contributed by atoms with van der Waals surface area (Å²) in [5.74, 6) is -1.60. The molecule has 2 aromatic carbocycles. The smallest absolute Gasteiger partial charge is 0.263 e. The van der Waals surface area contributed by atoms with E-state index in [0.29, 0.717) is 0 Å². The zero-order valence-electron chi connectivity index (χ0n) is 14.3. The Labute approximate surface area is 155 Å². The van der Waals surface area contributed by atoms with Gasteiger partial charge in [-0.3, -0.25) is 0 Å². The average molecular weight is 400 g/mol. The van der Waals surface area contributed by atoms with Gasteiger partial charge in [0, 0.05) is 11.1 Å². The summed E-state index contributed by atoms with van der Waals surface area (Å²) in [6.45, 7) is 0. The summed E-state index contributed by atoms with van der Waals surface area (Å²) in [6.07, 6.45) is -2.40. The van der Waals surface area contributed by atoms with Crippen molar-refractivity contribution >= 4 is 9.84 Å². The molecule has 1 fully saturated rings. The summed E-state index contributed by atoms with van der Waals surface area (Å²) in [5.41, 5.74) is 7.25. The highest BCUT2D eigenvalue weighted by Crippen LogP contribution is 2.48. The first-order valence-electron chi connectivity index (χ1n) is 8.47. The van der Waals surface area contributed by atoms with E-state index < -0.39 is 38.7 Å². The predicted molar refractivity (Wildman–Crippen MR) is 93.2 cm³/mol. The van der Waals surface area contributed by atoms with E-state index in [9.17, 15) is 26.0 Å². The van der Waals surface area contributed by atoms with Crippen molar-refractivity contribution in [3.8, 4) is 0 Å². The fraction of sp³-hybridized carbons (Fsp3) is 0.368. The highest BCUT2D eigenvalue weighted by atomic mass is 32.2. The molecule has 0 atom stereocenters. The largest absolute Gasteiger partial charge is 0.675 e. The van der Waals surface area contributed by atoms with Gasteiger partial charge in [0.25, 0.3) is 6.43 Å². The maximum atomic E-state index is 14.5. The first-order chi connectivity index (χ1) is 12.7. The van der Waals surface area contributed by atoms with Crippen molar-refractivity contribution in [2.24, 2.45) is 0 Å². The maximum absolute atomic E-state index is 14.5. The second-order valence-corrected chi connectivity index (χ2v) is 9.03. The summed E-state index contributed by atoms with van der Waals surface area (Å²) in [4.78, 5) is -0.223. The molecule has 0 unspecified atom stereocenters. The lowest BCUT2D eigenvalue weighted by molar-refractivity contribution is 0.151. The monoisotopic (exact) mass is 400 g/mol. The van der Waals surface area contributed by atoms with Gasteiger partial charge in [-0.15, -0.1) is 6.04 Å². The van der Waals surface area contributed by atoms with Gasteiger partial charge < -0.3 is 5.73 Å². The van der Waals surface area contributed by atoms with E-state index in [-0.39, 0.29) is 41.7 Å². The van der Waals surface area contributed by atoms with Crippen LogP contribution in [0.4, 0.5) is 17.6 Å². The molecule has 0 aromatic heterocycles. The quantitative estimate of drug-likeness (QED) is 0.630. The van der Waals surface area contributed by atoms with Crippen LogP contribution in [0.15, 0.2) is 47.4 Å². The van der Waals surface area contributed by atoms with Gasteiger partial charge in [0.2, 0.25) is 0 Å². The Bertz CT molecular complexity index is 921. The van der Waals surface area contributed by atoms with E-state index in [1.807, 2.05) is 0 Å². The third-order valence-electron chi connectivity index (χ3n) is 5.17. The minimum absolute atomic E-state index is 0.0412. The van der Waals surface area contributed by atoms with Crippen molar-refractivity contribution in [1.82, 2.24) is 0 Å². The molecule has 0 spiro atoms. The van der Waals surface area contributed by atoms with E-state index in [2.05, 4.69) is 0 Å². The summed E-state index contributed by atoms with van der Waals surface area (Å²) in [7, 11) is -4.22. The Morgan fingerprint density at radius 3 is 2.15 bits per heavy atom. The molecule has 0 saturated heterocycles. The molecule has 1 N–H and O–H groups in total. The van der Waals surface area contributed by atoms with Crippen LogP contribution in [0.2, 0.25) is 0 Å². The molecule has 1 aliphatic carbocycles. The predicted octanol–water partition coefficient (Wildman–Crippen LogP) is 5.57. The molecule has 146 valence electrons. The molecule has 27 heavy (non-hydrogen) atoms. The van der Waals surface area contributed by atoms with Gasteiger partial charge >= 0.3 is 0 Å². The Hall–Kier alpha value is -1.93. The van der Waals surface area contributed by atoms with Crippen LogP contribution in [0.1, 0.15) is 43.2 Å². The van der Waals surface area contributed by atoms with Crippen LogP contribution in [0.3, 0.4) is 0 Å². The van der Waals surface area contributed by atoms with Crippen LogP contribution in [-0.4, -0.2) is 14.5 Å². The minimum Gasteiger partial charge on any atom is -0.675 e. The van der Waals surface area contributed by atoms with Crippen molar-refractivity contribution in [3.63, 3.8) is 0 Å². The maximum Gasteiger partial charge on any atom is 0.263 e. The Kier molecular flexibility index (Phi) is 5.31. The lowest BCUT2D eigenvalue weighted by Gasteiger charge is -2.41. The highest BCUT2D eigenvalue weighted by Gasteiger charge is 2.48. The molecule has 0 bridgehead atoms. The number of rotatable bonds is 4. The minimum atomic E-state index is -4.22. The fourth-order valence-electron chi connectivity index (χ4n) is 3.63. The van der Waals surface area contributed by atoms with Crippen LogP contribution < -0.4 is 0 Å². The molecular weight excluding hydrogens is 382 g/mol. The second-order valence-electron chi connectivity index (χ2n) is 6.77. The topological polar surface area (TPSA) is 57.9 Å². The normalized spacial score (nSPS) is 23.6. The summed E-state index contributed by atoms with van der Waals surface area (Å²) in [6, 6.07) is 6.37. The molecule has 0 amide bonds. The number of hydrogen-bond donors (Lipinski definition) is 0. The van der Waals surface area contributed by atoms with Gasteiger partial charge in [0.05, 0.1) is 4.90 Å². The van der Waals surface area contributed by atoms with E-state index in [4.69, 9.17) is 5.73 Å². The summed E-state index contributed by atoms with van der Waals surface area (Å²) < 4.78 is 79.0. The van der Waals surface area contributed by atoms with Gasteiger partial charge in [-0.1, -0.05) is 25.0 Å². The molecule has 0 heterocycles. The second kappa shape index (κ2) is 7.24. The lowest BCUT2D eigenvalue weighted by atomic mass is 9.81. The number of nitrogens with one attached hydrogen (secondary N) is 1. The van der Waals surface area contributed by atoms with E-state index >= 15 is 0 Å². The van der Waals surface area contributed by atoms with E-state index in [1.54, 1.807) is 0 Å². The van der Waals surface area contributed by atoms with E-state index in [1.165, 1.54) is 0 Å². The van der Waals surface area contributed by atoms with Crippen LogP contribution in [0, 0.1) is 11.6 Å². The molecule has 0 radical (unpaired) electrons. The van der Waals surface area contributed by atoms with Gasteiger partial charge in [0.1, 0.15) is 16.4 Å². The zero-order valence-corrected chi connectivity index (χ0v) is 15.1. The van der Waals surface area contributed by atoms with Gasteiger partial charge in [-0.2, -0.15) is 0 Å². The number of sulfone groups is 1. The fourth-order valence-corrected chi connectivity index (χ4v) is 5.80. The third kappa shape index (κ3) is 3.48. The Morgan fingerprint density at radius 1 is 1.00 bits per heavy atom. The summed E-state index contributed by atoms with van der Waals surface area (Å²) in [5, 5.41) is 0. The van der Waals surface area contributed by atoms with Crippen LogP contribution in [0.25, 0.3) is 5.73 Å². The number of hydrogen-bond acceptors (Lipinski definition) is 2. The molecular formula is C19H18F4NO2S-. The van der Waals surface area contributed by atoms with Crippen LogP contribution >= 0.6 is 0 Å². The number of halogens is 4. The summed E-state index contributed by atoms with van der Waals surface area (Å²) >= 11 is 0. The first kappa shape index (κ1) is 19.8.